The second-order valence-corrected chi connectivity index (χ2v) is 10.9. The number of ether oxygens (including phenoxy) is 1. The minimum absolute atomic E-state index is 0.0131. The van der Waals surface area contributed by atoms with Crippen LogP contribution in [0.3, 0.4) is 0 Å². The standard InChI is InChI=1S/C27H32FN3O7/c1-11-18(26(29)36)24(34)22(30(2)3)16-6-12-5-15-20(23(33)19(12)25(35)27(11,16)37)17(32)7-13(21(15)28)8-31-9-14(10-31)38-4/h7,12,14,16,22,32-34,37H,1,5-6,8-10H2,2-4H3,(H2,29,36)/t12-,16-,22-,27-/m0/s1. The van der Waals surface area contributed by atoms with Crippen molar-refractivity contribution in [2.45, 2.75) is 37.1 Å². The molecule has 6 N–H and O–H groups in total. The van der Waals surface area contributed by atoms with E-state index in [4.69, 9.17) is 10.5 Å². The van der Waals surface area contributed by atoms with Crippen LogP contribution in [-0.2, 0) is 27.3 Å². The fourth-order valence-corrected chi connectivity index (χ4v) is 6.67. The monoisotopic (exact) mass is 529 g/mol. The topological polar surface area (TPSA) is 157 Å². The van der Waals surface area contributed by atoms with Gasteiger partial charge in [-0.1, -0.05) is 6.58 Å². The van der Waals surface area contributed by atoms with Crippen LogP contribution < -0.4 is 5.73 Å². The minimum atomic E-state index is -2.35. The predicted molar refractivity (Wildman–Crippen MR) is 134 cm³/mol. The Morgan fingerprint density at radius 2 is 1.97 bits per heavy atom. The van der Waals surface area contributed by atoms with E-state index in [1.54, 1.807) is 26.1 Å². The zero-order valence-corrected chi connectivity index (χ0v) is 21.5. The summed E-state index contributed by atoms with van der Waals surface area (Å²) in [5, 5.41) is 44.8. The molecule has 204 valence electrons. The smallest absolute Gasteiger partial charge is 0.252 e. The number of aliphatic hydroxyl groups excluding tert-OH is 2. The molecule has 0 unspecified atom stereocenters. The normalized spacial score (nSPS) is 29.8. The van der Waals surface area contributed by atoms with Crippen molar-refractivity contribution in [2.24, 2.45) is 17.6 Å². The van der Waals surface area contributed by atoms with Crippen LogP contribution in [0.25, 0.3) is 5.76 Å². The molecule has 1 saturated carbocycles. The Hall–Kier alpha value is -3.25. The molecule has 5 rings (SSSR count). The van der Waals surface area contributed by atoms with Crippen molar-refractivity contribution in [3.63, 3.8) is 0 Å². The molecule has 4 aliphatic rings. The van der Waals surface area contributed by atoms with Crippen molar-refractivity contribution in [1.29, 1.82) is 0 Å². The molecule has 1 saturated heterocycles. The Kier molecular flexibility index (Phi) is 6.18. The second kappa shape index (κ2) is 8.91. The maximum Gasteiger partial charge on any atom is 0.252 e. The van der Waals surface area contributed by atoms with Gasteiger partial charge in [0.2, 0.25) is 0 Å². The van der Waals surface area contributed by atoms with Crippen molar-refractivity contribution >= 4 is 17.4 Å². The number of hydrogen-bond acceptors (Lipinski definition) is 9. The van der Waals surface area contributed by atoms with E-state index in [-0.39, 0.29) is 59.1 Å². The Balaban J connectivity index is 1.60. The highest BCUT2D eigenvalue weighted by Crippen LogP contribution is 2.54. The van der Waals surface area contributed by atoms with Crippen LogP contribution in [0.4, 0.5) is 4.39 Å². The second-order valence-electron chi connectivity index (χ2n) is 10.9. The van der Waals surface area contributed by atoms with E-state index in [1.807, 2.05) is 4.90 Å². The van der Waals surface area contributed by atoms with E-state index in [0.29, 0.717) is 13.1 Å². The lowest BCUT2D eigenvalue weighted by atomic mass is 9.56. The zero-order chi connectivity index (χ0) is 27.8. The van der Waals surface area contributed by atoms with Gasteiger partial charge in [-0.25, -0.2) is 4.39 Å². The number of nitrogens with zero attached hydrogens (tertiary/aromatic N) is 2. The van der Waals surface area contributed by atoms with E-state index >= 15 is 4.39 Å². The van der Waals surface area contributed by atoms with Crippen LogP contribution in [0.15, 0.2) is 35.1 Å². The average molecular weight is 530 g/mol. The van der Waals surface area contributed by atoms with Gasteiger partial charge in [0.25, 0.3) is 5.91 Å². The minimum Gasteiger partial charge on any atom is -0.510 e. The molecule has 11 heteroatoms. The molecule has 0 aromatic heterocycles. The summed E-state index contributed by atoms with van der Waals surface area (Å²) in [4.78, 5) is 29.6. The first-order chi connectivity index (χ1) is 17.8. The molecule has 1 amide bonds. The number of aliphatic hydroxyl groups is 3. The van der Waals surface area contributed by atoms with E-state index in [9.17, 15) is 30.0 Å². The lowest BCUT2D eigenvalue weighted by molar-refractivity contribution is -0.143. The van der Waals surface area contributed by atoms with E-state index in [0.717, 1.165) is 0 Å². The third kappa shape index (κ3) is 3.53. The number of likely N-dealkylation sites (tertiary alicyclic amines) is 1. The van der Waals surface area contributed by atoms with Crippen LogP contribution in [0, 0.1) is 17.7 Å². The molecule has 1 heterocycles. The number of fused-ring (bicyclic) bond motifs is 3. The highest BCUT2D eigenvalue weighted by atomic mass is 19.1. The first kappa shape index (κ1) is 26.4. The first-order valence-corrected chi connectivity index (χ1v) is 12.4. The van der Waals surface area contributed by atoms with E-state index < -0.39 is 58.1 Å². The Morgan fingerprint density at radius 1 is 1.32 bits per heavy atom. The molecule has 10 nitrogen and oxygen atoms in total. The van der Waals surface area contributed by atoms with Gasteiger partial charge < -0.3 is 30.9 Å². The maximum atomic E-state index is 15.8. The molecule has 0 spiro atoms. The molecular formula is C27H32FN3O7. The van der Waals surface area contributed by atoms with Gasteiger partial charge in [0.15, 0.2) is 11.4 Å². The van der Waals surface area contributed by atoms with E-state index in [1.165, 1.54) is 6.07 Å². The summed E-state index contributed by atoms with van der Waals surface area (Å²) in [5.74, 6) is -5.63. The third-order valence-electron chi connectivity index (χ3n) is 8.57. The van der Waals surface area contributed by atoms with Crippen LogP contribution in [0.2, 0.25) is 0 Å². The van der Waals surface area contributed by atoms with Crippen molar-refractivity contribution in [3.8, 4) is 5.75 Å². The van der Waals surface area contributed by atoms with Crippen LogP contribution in [0.1, 0.15) is 23.1 Å². The number of aromatic hydroxyl groups is 1. The van der Waals surface area contributed by atoms with Crippen molar-refractivity contribution < 1.29 is 39.1 Å². The summed E-state index contributed by atoms with van der Waals surface area (Å²) in [7, 11) is 4.84. The Labute approximate surface area is 219 Å². The number of carbonyl (C=O) groups excluding carboxylic acids is 2. The van der Waals surface area contributed by atoms with Gasteiger partial charge in [-0.2, -0.15) is 0 Å². The third-order valence-corrected chi connectivity index (χ3v) is 8.57. The van der Waals surface area contributed by atoms with Crippen molar-refractivity contribution in [3.05, 3.63) is 57.6 Å². The number of halogens is 1. The van der Waals surface area contributed by atoms with Gasteiger partial charge in [-0.3, -0.25) is 19.4 Å². The summed E-state index contributed by atoms with van der Waals surface area (Å²) in [6, 6.07) is 0.274. The number of ketones is 1. The quantitative estimate of drug-likeness (QED) is 0.374. The summed E-state index contributed by atoms with van der Waals surface area (Å²) in [6.45, 7) is 5.23. The highest BCUT2D eigenvalue weighted by Gasteiger charge is 2.62. The zero-order valence-electron chi connectivity index (χ0n) is 21.5. The number of phenolic OH excluding ortho intramolecular Hbond substituents is 1. The van der Waals surface area contributed by atoms with Crippen LogP contribution >= 0.6 is 0 Å². The molecule has 2 fully saturated rings. The molecule has 3 aliphatic carbocycles. The number of benzene rings is 1. The number of Topliss-reactive ketones (excluding diaryl/α,β-unsaturated/α-hetero) is 1. The molecule has 38 heavy (non-hydrogen) atoms. The first-order valence-electron chi connectivity index (χ1n) is 12.4. The molecule has 1 aliphatic heterocycles. The van der Waals surface area contributed by atoms with Gasteiger partial charge in [0.05, 0.1) is 23.3 Å². The number of hydrogen-bond donors (Lipinski definition) is 5. The largest absolute Gasteiger partial charge is 0.510 e. The fraction of sp³-hybridized carbons (Fsp3) is 0.481. The number of amides is 1. The summed E-state index contributed by atoms with van der Waals surface area (Å²) in [5.41, 5.74) is 2.30. The predicted octanol–water partition coefficient (Wildman–Crippen LogP) is 0.921. The molecule has 0 radical (unpaired) electrons. The molecule has 1 aromatic rings. The Bertz CT molecular complexity index is 1330. The van der Waals surface area contributed by atoms with Gasteiger partial charge in [-0.15, -0.1) is 0 Å². The number of rotatable bonds is 5. The van der Waals surface area contributed by atoms with Crippen LogP contribution in [0.5, 0.6) is 5.75 Å². The number of methoxy groups -OCH3 is 1. The summed E-state index contributed by atoms with van der Waals surface area (Å²) < 4.78 is 21.0. The Morgan fingerprint density at radius 3 is 2.55 bits per heavy atom. The SMILES string of the molecule is C=C1C(C(N)=O)=C(O)[C@@H](N(C)C)[C@@H]2C[C@@H]3Cc4c(F)c(CN5CC(OC)C5)cc(O)c4C(O)=C3C(=O)[C@]12O. The lowest BCUT2D eigenvalue weighted by Gasteiger charge is -2.52. The number of primary amides is 1. The highest BCUT2D eigenvalue weighted by molar-refractivity contribution is 6.13. The number of phenols is 1. The van der Waals surface area contributed by atoms with Gasteiger partial charge in [0, 0.05) is 54.9 Å². The van der Waals surface area contributed by atoms with E-state index in [2.05, 4.69) is 6.58 Å². The summed E-state index contributed by atoms with van der Waals surface area (Å²) >= 11 is 0. The molecule has 4 atom stereocenters. The molecule has 0 bridgehead atoms. The van der Waals surface area contributed by atoms with Gasteiger partial charge in [-0.05, 0) is 38.9 Å². The fourth-order valence-electron chi connectivity index (χ4n) is 6.67. The average Bonchev–Trinajstić information content (AvgIpc) is 2.80. The molecule has 1 aromatic carbocycles. The summed E-state index contributed by atoms with van der Waals surface area (Å²) in [6.07, 6.45) is 0.118. The van der Waals surface area contributed by atoms with Gasteiger partial charge >= 0.3 is 0 Å². The van der Waals surface area contributed by atoms with Gasteiger partial charge in [0.1, 0.15) is 23.1 Å². The molecular weight excluding hydrogens is 497 g/mol. The van der Waals surface area contributed by atoms with Crippen molar-refractivity contribution in [2.75, 3.05) is 34.3 Å². The number of carbonyl (C=O) groups is 2. The van der Waals surface area contributed by atoms with Crippen molar-refractivity contribution in [1.82, 2.24) is 9.80 Å². The van der Waals surface area contributed by atoms with Crippen LogP contribution in [-0.4, -0.2) is 94.0 Å². The lowest BCUT2D eigenvalue weighted by Crippen LogP contribution is -2.63. The number of likely N-dealkylation sites (N-methyl/N-ethyl adjacent to an activating group) is 1. The number of nitrogens with two attached hydrogens (primary N) is 1. The maximum absolute atomic E-state index is 15.8.